The zero-order chi connectivity index (χ0) is 25.0. The van der Waals surface area contributed by atoms with Gasteiger partial charge in [-0.15, -0.1) is 0 Å². The summed E-state index contributed by atoms with van der Waals surface area (Å²) in [5.74, 6) is -1.02. The second-order valence-corrected chi connectivity index (χ2v) is 10.2. The normalized spacial score (nSPS) is 24.6. The average molecular weight is 481 g/mol. The summed E-state index contributed by atoms with van der Waals surface area (Å²) in [4.78, 5) is 12.1. The lowest BCUT2D eigenvalue weighted by atomic mass is 9.70. The Morgan fingerprint density at radius 1 is 1.11 bits per heavy atom. The third-order valence-corrected chi connectivity index (χ3v) is 7.48. The molecule has 35 heavy (non-hydrogen) atoms. The molecule has 7 nitrogen and oxygen atoms in total. The number of esters is 1. The van der Waals surface area contributed by atoms with Crippen molar-refractivity contribution in [2.45, 2.75) is 82.2 Å². The van der Waals surface area contributed by atoms with Crippen molar-refractivity contribution in [1.29, 1.82) is 0 Å². The summed E-state index contributed by atoms with van der Waals surface area (Å²) in [6.07, 6.45) is 6.78. The molecule has 0 aromatic heterocycles. The molecule has 2 aliphatic rings. The fourth-order valence-corrected chi connectivity index (χ4v) is 5.61. The molecule has 1 saturated heterocycles. The molecule has 0 amide bonds. The van der Waals surface area contributed by atoms with Gasteiger partial charge in [0.2, 0.25) is 0 Å². The Bertz CT molecular complexity index is 1020. The van der Waals surface area contributed by atoms with Crippen molar-refractivity contribution in [1.82, 2.24) is 0 Å². The lowest BCUT2D eigenvalue weighted by Crippen LogP contribution is -2.54. The number of nitrogen functional groups attached to an aromatic ring is 1. The van der Waals surface area contributed by atoms with Crippen molar-refractivity contribution >= 4 is 11.7 Å². The van der Waals surface area contributed by atoms with Crippen molar-refractivity contribution in [3.63, 3.8) is 0 Å². The van der Waals surface area contributed by atoms with Gasteiger partial charge in [-0.1, -0.05) is 37.6 Å². The Morgan fingerprint density at radius 2 is 1.94 bits per heavy atom. The van der Waals surface area contributed by atoms with Gasteiger partial charge in [0.1, 0.15) is 12.4 Å². The number of nitrogens with two attached hydrogens (primary N) is 4. The van der Waals surface area contributed by atoms with Crippen LogP contribution in [-0.4, -0.2) is 18.7 Å². The van der Waals surface area contributed by atoms with Crippen LogP contribution in [0, 0.1) is 5.92 Å². The number of anilines is 1. The maximum absolute atomic E-state index is 12.1. The average Bonchev–Trinajstić information content (AvgIpc) is 2.82. The van der Waals surface area contributed by atoms with Crippen LogP contribution < -0.4 is 22.9 Å². The number of rotatable bonds is 7. The van der Waals surface area contributed by atoms with Gasteiger partial charge in [0.05, 0.1) is 12.2 Å². The highest BCUT2D eigenvalue weighted by Gasteiger charge is 2.40. The van der Waals surface area contributed by atoms with Gasteiger partial charge in [-0.05, 0) is 85.3 Å². The number of carbonyl (C=O) groups excluding carboxylic acids is 1. The molecule has 2 aromatic rings. The molecule has 8 N–H and O–H groups in total. The van der Waals surface area contributed by atoms with Gasteiger partial charge in [-0.25, -0.2) is 0 Å². The van der Waals surface area contributed by atoms with E-state index in [9.17, 15) is 4.79 Å². The molecule has 4 atom stereocenters. The van der Waals surface area contributed by atoms with E-state index in [1.807, 2.05) is 24.3 Å². The third kappa shape index (κ3) is 6.22. The predicted molar refractivity (Wildman–Crippen MR) is 138 cm³/mol. The second-order valence-electron chi connectivity index (χ2n) is 10.2. The van der Waals surface area contributed by atoms with Crippen molar-refractivity contribution in [2.75, 3.05) is 12.3 Å². The minimum atomic E-state index is -1.43. The molecule has 0 spiro atoms. The fourth-order valence-electron chi connectivity index (χ4n) is 5.61. The Labute approximate surface area is 208 Å². The van der Waals surface area contributed by atoms with Crippen LogP contribution in [0.3, 0.4) is 0 Å². The summed E-state index contributed by atoms with van der Waals surface area (Å²) in [7, 11) is 0. The summed E-state index contributed by atoms with van der Waals surface area (Å²) in [5, 5.41) is 0. The number of hydrogen-bond donors (Lipinski definition) is 4. The van der Waals surface area contributed by atoms with E-state index in [1.165, 1.54) is 11.1 Å². The van der Waals surface area contributed by atoms with E-state index in [2.05, 4.69) is 25.1 Å². The van der Waals surface area contributed by atoms with Crippen LogP contribution in [0.2, 0.25) is 0 Å². The SMILES string of the molecule is CCCCC(=O)OCC1CC[C@H]2C(c3cccc(N)c3)CCCc3ccc(C(N)(N)N)cc3[C@H]2O1. The molecule has 0 bridgehead atoms. The highest BCUT2D eigenvalue weighted by molar-refractivity contribution is 5.69. The molecule has 1 heterocycles. The highest BCUT2D eigenvalue weighted by atomic mass is 16.6. The summed E-state index contributed by atoms with van der Waals surface area (Å²) >= 11 is 0. The number of carbonyl (C=O) groups is 1. The lowest BCUT2D eigenvalue weighted by molar-refractivity contribution is -0.157. The summed E-state index contributed by atoms with van der Waals surface area (Å²) in [5.41, 5.74) is 29.3. The van der Waals surface area contributed by atoms with Gasteiger partial charge in [0, 0.05) is 17.7 Å². The monoisotopic (exact) mass is 480 g/mol. The van der Waals surface area contributed by atoms with Crippen molar-refractivity contribution < 1.29 is 14.3 Å². The van der Waals surface area contributed by atoms with Gasteiger partial charge in [0.15, 0.2) is 0 Å². The van der Waals surface area contributed by atoms with Crippen LogP contribution in [0.25, 0.3) is 0 Å². The Balaban J connectivity index is 1.65. The minimum Gasteiger partial charge on any atom is -0.463 e. The molecule has 7 heteroatoms. The van der Waals surface area contributed by atoms with E-state index >= 15 is 0 Å². The van der Waals surface area contributed by atoms with Gasteiger partial charge in [0.25, 0.3) is 0 Å². The fraction of sp³-hybridized carbons (Fsp3) is 0.536. The second kappa shape index (κ2) is 11.1. The Hall–Kier alpha value is -2.45. The summed E-state index contributed by atoms with van der Waals surface area (Å²) in [6.45, 7) is 2.34. The maximum Gasteiger partial charge on any atom is 0.305 e. The molecular weight excluding hydrogens is 440 g/mol. The molecule has 1 aliphatic carbocycles. The Morgan fingerprint density at radius 3 is 2.69 bits per heavy atom. The minimum absolute atomic E-state index is 0.155. The van der Waals surface area contributed by atoms with E-state index in [0.717, 1.165) is 56.2 Å². The van der Waals surface area contributed by atoms with Gasteiger partial charge >= 0.3 is 5.97 Å². The van der Waals surface area contributed by atoms with Crippen LogP contribution >= 0.6 is 0 Å². The van der Waals surface area contributed by atoms with Crippen LogP contribution in [0.4, 0.5) is 5.69 Å². The predicted octanol–water partition coefficient (Wildman–Crippen LogP) is 3.95. The molecule has 1 aliphatic heterocycles. The molecule has 190 valence electrons. The van der Waals surface area contributed by atoms with E-state index in [4.69, 9.17) is 32.4 Å². The van der Waals surface area contributed by atoms with Crippen molar-refractivity contribution in [3.05, 3.63) is 64.7 Å². The molecule has 2 unspecified atom stereocenters. The molecule has 0 saturated carbocycles. The molecular formula is C28H40N4O3. The van der Waals surface area contributed by atoms with Crippen molar-refractivity contribution in [2.24, 2.45) is 23.1 Å². The van der Waals surface area contributed by atoms with Gasteiger partial charge in [-0.2, -0.15) is 0 Å². The molecule has 2 aromatic carbocycles. The third-order valence-electron chi connectivity index (χ3n) is 7.48. The van der Waals surface area contributed by atoms with E-state index in [1.54, 1.807) is 0 Å². The van der Waals surface area contributed by atoms with Crippen LogP contribution in [0.5, 0.6) is 0 Å². The van der Waals surface area contributed by atoms with Gasteiger partial charge in [-0.3, -0.25) is 22.0 Å². The van der Waals surface area contributed by atoms with Crippen LogP contribution in [0.1, 0.15) is 86.1 Å². The number of hydrogen-bond acceptors (Lipinski definition) is 7. The smallest absolute Gasteiger partial charge is 0.305 e. The highest BCUT2D eigenvalue weighted by Crippen LogP contribution is 2.49. The molecule has 1 fully saturated rings. The zero-order valence-electron chi connectivity index (χ0n) is 20.7. The lowest BCUT2D eigenvalue weighted by Gasteiger charge is -2.43. The quantitative estimate of drug-likeness (QED) is 0.267. The largest absolute Gasteiger partial charge is 0.463 e. The maximum atomic E-state index is 12.1. The zero-order valence-corrected chi connectivity index (χ0v) is 20.7. The molecule has 0 radical (unpaired) electrons. The van der Waals surface area contributed by atoms with Crippen molar-refractivity contribution in [3.8, 4) is 0 Å². The first kappa shape index (κ1) is 25.6. The first-order valence-corrected chi connectivity index (χ1v) is 12.9. The summed E-state index contributed by atoms with van der Waals surface area (Å²) < 4.78 is 12.3. The van der Waals surface area contributed by atoms with E-state index in [0.29, 0.717) is 17.9 Å². The van der Waals surface area contributed by atoms with Crippen LogP contribution in [0.15, 0.2) is 42.5 Å². The topological polar surface area (TPSA) is 140 Å². The first-order chi connectivity index (χ1) is 16.8. The van der Waals surface area contributed by atoms with Gasteiger partial charge < -0.3 is 15.2 Å². The first-order valence-electron chi connectivity index (χ1n) is 12.9. The van der Waals surface area contributed by atoms with E-state index < -0.39 is 5.79 Å². The number of fused-ring (bicyclic) bond motifs is 3. The van der Waals surface area contributed by atoms with Crippen LogP contribution in [-0.2, 0) is 26.5 Å². The number of ether oxygens (including phenoxy) is 2. The number of benzene rings is 2. The number of unbranched alkanes of at least 4 members (excludes halogenated alkanes) is 1. The standard InChI is InChI=1S/C28H40N4O3/c1-2-3-10-26(33)34-17-22-13-14-24-23(19-7-4-8-21(29)15-19)9-5-6-18-11-12-20(28(30,31)32)16-25(18)27(24)35-22/h4,7-8,11-12,15-16,22-24,27H,2-3,5-6,9-10,13-14,17,29-32H2,1H3/t22?,23?,24-,27-/m0/s1. The van der Waals surface area contributed by atoms with E-state index in [-0.39, 0.29) is 30.7 Å². The molecule has 4 rings (SSSR count). The number of aryl methyl sites for hydroxylation is 1. The summed E-state index contributed by atoms with van der Waals surface area (Å²) in [6, 6.07) is 14.2. The Kier molecular flexibility index (Phi) is 8.12.